The number of nitrogens with one attached hydrogen (secondary N) is 2. The Morgan fingerprint density at radius 2 is 1.61 bits per heavy atom. The minimum atomic E-state index is -4.59. The quantitative estimate of drug-likeness (QED) is 0.659. The lowest BCUT2D eigenvalue weighted by Crippen LogP contribution is -2.43. The molecule has 9 heteroatoms. The van der Waals surface area contributed by atoms with Gasteiger partial charge in [-0.15, -0.1) is 0 Å². The van der Waals surface area contributed by atoms with E-state index < -0.39 is 30.6 Å². The van der Waals surface area contributed by atoms with Crippen molar-refractivity contribution >= 4 is 17.9 Å². The van der Waals surface area contributed by atoms with Gasteiger partial charge >= 0.3 is 18.2 Å². The first-order valence-corrected chi connectivity index (χ1v) is 4.61. The standard InChI is InChI=1S/C9H11F3N2O4/c1-4(5(2)7(16)17)6(15)14-8(18)13-3-9(10,11)12/h3H2,1-2H3,(H,16,17)(H2,13,14,15,18). The Kier molecular flexibility index (Phi) is 5.34. The highest BCUT2D eigenvalue weighted by atomic mass is 19.4. The van der Waals surface area contributed by atoms with Crippen molar-refractivity contribution in [1.82, 2.24) is 10.6 Å². The molecule has 0 bridgehead atoms. The molecule has 0 fully saturated rings. The van der Waals surface area contributed by atoms with Gasteiger partial charge in [-0.25, -0.2) is 9.59 Å². The van der Waals surface area contributed by atoms with E-state index in [0.29, 0.717) is 0 Å². The van der Waals surface area contributed by atoms with Gasteiger partial charge in [0.25, 0.3) is 5.91 Å². The monoisotopic (exact) mass is 268 g/mol. The molecule has 0 aromatic rings. The number of amides is 3. The number of carbonyl (C=O) groups excluding carboxylic acids is 2. The Morgan fingerprint density at radius 1 is 1.11 bits per heavy atom. The summed E-state index contributed by atoms with van der Waals surface area (Å²) in [6.45, 7) is 0.674. The van der Waals surface area contributed by atoms with Crippen LogP contribution in [0.2, 0.25) is 0 Å². The number of halogens is 3. The lowest BCUT2D eigenvalue weighted by molar-refractivity contribution is -0.133. The van der Waals surface area contributed by atoms with Crippen molar-refractivity contribution in [3.8, 4) is 0 Å². The van der Waals surface area contributed by atoms with E-state index in [4.69, 9.17) is 5.11 Å². The van der Waals surface area contributed by atoms with E-state index in [1.54, 1.807) is 5.32 Å². The SMILES string of the molecule is CC(C(=O)O)=C(C)C(=O)NC(=O)NCC(F)(F)F. The van der Waals surface area contributed by atoms with Gasteiger partial charge in [0.05, 0.1) is 0 Å². The van der Waals surface area contributed by atoms with Crippen molar-refractivity contribution < 1.29 is 32.7 Å². The zero-order valence-corrected chi connectivity index (χ0v) is 9.51. The first kappa shape index (κ1) is 15.9. The van der Waals surface area contributed by atoms with Crippen LogP contribution in [0, 0.1) is 0 Å². The Morgan fingerprint density at radius 3 is 2.00 bits per heavy atom. The molecule has 0 aliphatic heterocycles. The smallest absolute Gasteiger partial charge is 0.405 e. The van der Waals surface area contributed by atoms with Gasteiger partial charge in [0.2, 0.25) is 0 Å². The minimum Gasteiger partial charge on any atom is -0.478 e. The van der Waals surface area contributed by atoms with Crippen LogP contribution < -0.4 is 10.6 Å². The largest absolute Gasteiger partial charge is 0.478 e. The summed E-state index contributed by atoms with van der Waals surface area (Å²) in [5, 5.41) is 11.5. The van der Waals surface area contributed by atoms with E-state index in [2.05, 4.69) is 0 Å². The number of rotatable bonds is 3. The fraction of sp³-hybridized carbons (Fsp3) is 0.444. The summed E-state index contributed by atoms with van der Waals surface area (Å²) in [4.78, 5) is 32.6. The van der Waals surface area contributed by atoms with E-state index in [1.165, 1.54) is 5.32 Å². The van der Waals surface area contributed by atoms with Crippen LogP contribution in [0.5, 0.6) is 0 Å². The summed E-state index contributed by atoms with van der Waals surface area (Å²) in [6.07, 6.45) is -4.59. The number of alkyl halides is 3. The summed E-state index contributed by atoms with van der Waals surface area (Å²) in [7, 11) is 0. The lowest BCUT2D eigenvalue weighted by atomic mass is 10.1. The number of urea groups is 1. The number of carbonyl (C=O) groups is 3. The second kappa shape index (κ2) is 6.03. The number of aliphatic carboxylic acids is 1. The van der Waals surface area contributed by atoms with Gasteiger partial charge in [0, 0.05) is 11.1 Å². The van der Waals surface area contributed by atoms with E-state index in [9.17, 15) is 27.6 Å². The predicted octanol–water partition coefficient (Wildman–Crippen LogP) is 0.795. The third-order valence-electron chi connectivity index (χ3n) is 1.90. The average molecular weight is 268 g/mol. The van der Waals surface area contributed by atoms with Gasteiger partial charge in [0.15, 0.2) is 0 Å². The maximum absolute atomic E-state index is 11.7. The van der Waals surface area contributed by atoms with Crippen molar-refractivity contribution in [3.05, 3.63) is 11.1 Å². The van der Waals surface area contributed by atoms with Gasteiger partial charge in [-0.2, -0.15) is 13.2 Å². The Hall–Kier alpha value is -2.06. The molecule has 0 radical (unpaired) electrons. The van der Waals surface area contributed by atoms with Gasteiger partial charge in [-0.05, 0) is 13.8 Å². The molecule has 0 heterocycles. The maximum Gasteiger partial charge on any atom is 0.405 e. The summed E-state index contributed by atoms with van der Waals surface area (Å²) < 4.78 is 35.2. The fourth-order valence-corrected chi connectivity index (χ4v) is 0.752. The molecule has 0 aliphatic rings. The Bertz CT molecular complexity index is 401. The molecule has 102 valence electrons. The zero-order chi connectivity index (χ0) is 14.5. The molecule has 0 atom stereocenters. The zero-order valence-electron chi connectivity index (χ0n) is 9.51. The number of imide groups is 1. The van der Waals surface area contributed by atoms with Gasteiger partial charge in [-0.3, -0.25) is 10.1 Å². The second-order valence-corrected chi connectivity index (χ2v) is 3.31. The molecule has 6 nitrogen and oxygen atoms in total. The first-order valence-electron chi connectivity index (χ1n) is 4.61. The molecule has 0 saturated heterocycles. The fourth-order valence-electron chi connectivity index (χ4n) is 0.752. The molecule has 0 aromatic carbocycles. The van der Waals surface area contributed by atoms with Crippen LogP contribution in [-0.2, 0) is 9.59 Å². The Labute approximate surface area is 99.8 Å². The highest BCUT2D eigenvalue weighted by molar-refractivity contribution is 6.07. The molecule has 0 rings (SSSR count). The molecular weight excluding hydrogens is 257 g/mol. The minimum absolute atomic E-state index is 0.273. The van der Waals surface area contributed by atoms with Crippen molar-refractivity contribution in [2.24, 2.45) is 0 Å². The highest BCUT2D eigenvalue weighted by Crippen LogP contribution is 2.12. The van der Waals surface area contributed by atoms with Crippen molar-refractivity contribution in [2.45, 2.75) is 20.0 Å². The van der Waals surface area contributed by atoms with Crippen molar-refractivity contribution in [1.29, 1.82) is 0 Å². The van der Waals surface area contributed by atoms with E-state index >= 15 is 0 Å². The van der Waals surface area contributed by atoms with Crippen LogP contribution in [0.4, 0.5) is 18.0 Å². The summed E-state index contributed by atoms with van der Waals surface area (Å²) >= 11 is 0. The summed E-state index contributed by atoms with van der Waals surface area (Å²) in [5.74, 6) is -2.44. The predicted molar refractivity (Wildman–Crippen MR) is 53.6 cm³/mol. The van der Waals surface area contributed by atoms with Crippen LogP contribution in [-0.4, -0.2) is 35.7 Å². The van der Waals surface area contributed by atoms with Gasteiger partial charge < -0.3 is 10.4 Å². The number of carboxylic acid groups (broad SMARTS) is 1. The van der Waals surface area contributed by atoms with Crippen LogP contribution in [0.15, 0.2) is 11.1 Å². The van der Waals surface area contributed by atoms with Crippen LogP contribution >= 0.6 is 0 Å². The first-order chi connectivity index (χ1) is 8.04. The topological polar surface area (TPSA) is 95.5 Å². The molecule has 0 unspecified atom stereocenters. The maximum atomic E-state index is 11.7. The number of hydrogen-bond acceptors (Lipinski definition) is 3. The third-order valence-corrected chi connectivity index (χ3v) is 1.90. The van der Waals surface area contributed by atoms with Crippen molar-refractivity contribution in [3.63, 3.8) is 0 Å². The normalized spacial score (nSPS) is 12.5. The summed E-state index contributed by atoms with van der Waals surface area (Å²) in [5.41, 5.74) is -0.583. The number of hydrogen-bond donors (Lipinski definition) is 3. The second-order valence-electron chi connectivity index (χ2n) is 3.31. The lowest BCUT2D eigenvalue weighted by Gasteiger charge is -2.09. The highest BCUT2D eigenvalue weighted by Gasteiger charge is 2.28. The molecule has 3 N–H and O–H groups in total. The van der Waals surface area contributed by atoms with E-state index in [-0.39, 0.29) is 11.1 Å². The molecule has 18 heavy (non-hydrogen) atoms. The molecule has 0 spiro atoms. The summed E-state index contributed by atoms with van der Waals surface area (Å²) in [6, 6.07) is -1.35. The van der Waals surface area contributed by atoms with Gasteiger partial charge in [-0.1, -0.05) is 0 Å². The average Bonchev–Trinajstić information content (AvgIpc) is 2.23. The van der Waals surface area contributed by atoms with Crippen LogP contribution in [0.1, 0.15) is 13.8 Å². The van der Waals surface area contributed by atoms with Crippen LogP contribution in [0.25, 0.3) is 0 Å². The van der Waals surface area contributed by atoms with E-state index in [1.807, 2.05) is 0 Å². The number of carboxylic acids is 1. The Balaban J connectivity index is 4.46. The molecule has 0 aromatic heterocycles. The molecule has 3 amide bonds. The molecule has 0 aliphatic carbocycles. The van der Waals surface area contributed by atoms with E-state index in [0.717, 1.165) is 13.8 Å². The molecular formula is C9H11F3N2O4. The van der Waals surface area contributed by atoms with Crippen LogP contribution in [0.3, 0.4) is 0 Å². The third kappa shape index (κ3) is 5.87. The van der Waals surface area contributed by atoms with Crippen molar-refractivity contribution in [2.75, 3.05) is 6.54 Å². The van der Waals surface area contributed by atoms with Gasteiger partial charge in [0.1, 0.15) is 6.54 Å². The molecule has 0 saturated carbocycles.